The Morgan fingerprint density at radius 1 is 1.27 bits per heavy atom. The molecule has 3 rings (SSSR count). The van der Waals surface area contributed by atoms with Gasteiger partial charge in [-0.25, -0.2) is 9.50 Å². The average Bonchev–Trinajstić information content (AvgIpc) is 2.88. The van der Waals surface area contributed by atoms with Gasteiger partial charge in [0.05, 0.1) is 0 Å². The molecule has 0 radical (unpaired) electrons. The quantitative estimate of drug-likeness (QED) is 0.693. The fourth-order valence-corrected chi connectivity index (χ4v) is 2.65. The maximum absolute atomic E-state index is 6.14. The number of halogens is 1. The van der Waals surface area contributed by atoms with Gasteiger partial charge < -0.3 is 0 Å². The van der Waals surface area contributed by atoms with Crippen LogP contribution in [0.4, 0.5) is 0 Å². The molecule has 2 aromatic rings. The molecule has 0 atom stereocenters. The Labute approximate surface area is 93.1 Å². The summed E-state index contributed by atoms with van der Waals surface area (Å²) < 4.78 is 1.67. The molecule has 0 unspecified atom stereocenters. The van der Waals surface area contributed by atoms with Gasteiger partial charge in [-0.05, 0) is 36.5 Å². The maximum atomic E-state index is 6.14. The summed E-state index contributed by atoms with van der Waals surface area (Å²) >= 11 is 6.14. The molecule has 0 saturated heterocycles. The lowest BCUT2D eigenvalue weighted by Gasteiger charge is -2.09. The van der Waals surface area contributed by atoms with Gasteiger partial charge in [0.25, 0.3) is 0 Å². The summed E-state index contributed by atoms with van der Waals surface area (Å²) in [5.41, 5.74) is 2.17. The predicted molar refractivity (Wildman–Crippen MR) is 59.2 cm³/mol. The van der Waals surface area contributed by atoms with Gasteiger partial charge in [0.1, 0.15) is 11.5 Å². The summed E-state index contributed by atoms with van der Waals surface area (Å²) in [6, 6.07) is 4.13. The fourth-order valence-electron chi connectivity index (χ4n) is 2.40. The van der Waals surface area contributed by atoms with Crippen molar-refractivity contribution in [3.63, 3.8) is 0 Å². The summed E-state index contributed by atoms with van der Waals surface area (Å²) in [5, 5.41) is 4.72. The van der Waals surface area contributed by atoms with Crippen LogP contribution in [0.2, 0.25) is 5.15 Å². The normalized spacial score (nSPS) is 17.7. The molecule has 78 valence electrons. The Morgan fingerprint density at radius 2 is 2.07 bits per heavy atom. The van der Waals surface area contributed by atoms with Gasteiger partial charge >= 0.3 is 0 Å². The summed E-state index contributed by atoms with van der Waals surface area (Å²) in [6.07, 6.45) is 6.77. The molecular formula is C11H12ClN3. The number of rotatable bonds is 1. The third-order valence-corrected chi connectivity index (χ3v) is 3.45. The van der Waals surface area contributed by atoms with Crippen LogP contribution in [0.25, 0.3) is 5.65 Å². The highest BCUT2D eigenvalue weighted by Crippen LogP contribution is 2.35. The maximum Gasteiger partial charge on any atom is 0.157 e. The SMILES string of the molecule is Clc1cc(C2CCCC2)cc2ncnn12. The number of hydrogen-bond donors (Lipinski definition) is 0. The highest BCUT2D eigenvalue weighted by molar-refractivity contribution is 6.29. The lowest BCUT2D eigenvalue weighted by atomic mass is 9.99. The van der Waals surface area contributed by atoms with Gasteiger partial charge in [-0.1, -0.05) is 24.4 Å². The van der Waals surface area contributed by atoms with E-state index in [1.165, 1.54) is 31.2 Å². The van der Waals surface area contributed by atoms with Gasteiger partial charge in [0.15, 0.2) is 5.65 Å². The fraction of sp³-hybridized carbons (Fsp3) is 0.455. The van der Waals surface area contributed by atoms with E-state index < -0.39 is 0 Å². The van der Waals surface area contributed by atoms with Crippen molar-refractivity contribution in [2.24, 2.45) is 0 Å². The van der Waals surface area contributed by atoms with E-state index in [9.17, 15) is 0 Å². The summed E-state index contributed by atoms with van der Waals surface area (Å²) in [7, 11) is 0. The number of pyridine rings is 1. The number of fused-ring (bicyclic) bond motifs is 1. The molecule has 4 heteroatoms. The van der Waals surface area contributed by atoms with Crippen molar-refractivity contribution in [3.8, 4) is 0 Å². The number of hydrogen-bond acceptors (Lipinski definition) is 2. The first kappa shape index (κ1) is 9.16. The Kier molecular flexibility index (Phi) is 2.13. The second-order valence-corrected chi connectivity index (χ2v) is 4.51. The standard InChI is InChI=1S/C11H12ClN3/c12-10-5-9(8-3-1-2-4-8)6-11-13-7-14-15(10)11/h5-8H,1-4H2. The van der Waals surface area contributed by atoms with Crippen LogP contribution in [-0.2, 0) is 0 Å². The summed E-state index contributed by atoms with van der Waals surface area (Å²) in [5.74, 6) is 0.671. The van der Waals surface area contributed by atoms with Crippen molar-refractivity contribution in [2.75, 3.05) is 0 Å². The molecule has 1 saturated carbocycles. The monoisotopic (exact) mass is 221 g/mol. The molecule has 0 spiro atoms. The highest BCUT2D eigenvalue weighted by Gasteiger charge is 2.18. The summed E-state index contributed by atoms with van der Waals surface area (Å²) in [6.45, 7) is 0. The minimum absolute atomic E-state index is 0.659. The van der Waals surface area contributed by atoms with Crippen LogP contribution in [0.3, 0.4) is 0 Å². The zero-order valence-corrected chi connectivity index (χ0v) is 9.11. The van der Waals surface area contributed by atoms with Gasteiger partial charge in [0, 0.05) is 0 Å². The molecule has 0 aliphatic heterocycles. The van der Waals surface area contributed by atoms with Crippen molar-refractivity contribution in [1.82, 2.24) is 14.6 Å². The third kappa shape index (κ3) is 1.51. The molecule has 1 aliphatic rings. The van der Waals surface area contributed by atoms with Crippen LogP contribution in [0, 0.1) is 0 Å². The first-order valence-corrected chi connectivity index (χ1v) is 5.71. The van der Waals surface area contributed by atoms with E-state index >= 15 is 0 Å². The lowest BCUT2D eigenvalue weighted by Crippen LogP contribution is -1.97. The third-order valence-electron chi connectivity index (χ3n) is 3.18. The largest absolute Gasteiger partial charge is 0.215 e. The zero-order chi connectivity index (χ0) is 10.3. The van der Waals surface area contributed by atoms with E-state index in [2.05, 4.69) is 16.1 Å². The Hall–Kier alpha value is -1.09. The van der Waals surface area contributed by atoms with Crippen LogP contribution in [-0.4, -0.2) is 14.6 Å². The van der Waals surface area contributed by atoms with Gasteiger partial charge in [-0.3, -0.25) is 0 Å². The second kappa shape index (κ2) is 3.49. The zero-order valence-electron chi connectivity index (χ0n) is 8.36. The molecule has 1 fully saturated rings. The molecular weight excluding hydrogens is 210 g/mol. The molecule has 2 aromatic heterocycles. The van der Waals surface area contributed by atoms with E-state index in [0.29, 0.717) is 11.1 Å². The first-order valence-electron chi connectivity index (χ1n) is 5.34. The molecule has 1 aliphatic carbocycles. The van der Waals surface area contributed by atoms with Crippen LogP contribution in [0.5, 0.6) is 0 Å². The molecule has 2 heterocycles. The Morgan fingerprint density at radius 3 is 2.87 bits per heavy atom. The molecule has 15 heavy (non-hydrogen) atoms. The highest BCUT2D eigenvalue weighted by atomic mass is 35.5. The van der Waals surface area contributed by atoms with Gasteiger partial charge in [-0.15, -0.1) is 0 Å². The van der Waals surface area contributed by atoms with Crippen LogP contribution < -0.4 is 0 Å². The van der Waals surface area contributed by atoms with E-state index in [4.69, 9.17) is 11.6 Å². The minimum atomic E-state index is 0.659. The van der Waals surface area contributed by atoms with Crippen LogP contribution in [0.15, 0.2) is 18.5 Å². The van der Waals surface area contributed by atoms with Gasteiger partial charge in [0.2, 0.25) is 0 Å². The lowest BCUT2D eigenvalue weighted by molar-refractivity contribution is 0.721. The Balaban J connectivity index is 2.11. The topological polar surface area (TPSA) is 30.2 Å². The first-order chi connectivity index (χ1) is 7.34. The number of nitrogens with zero attached hydrogens (tertiary/aromatic N) is 3. The summed E-state index contributed by atoms with van der Waals surface area (Å²) in [4.78, 5) is 4.18. The van der Waals surface area contributed by atoms with Crippen LogP contribution >= 0.6 is 11.6 Å². The van der Waals surface area contributed by atoms with Crippen molar-refractivity contribution < 1.29 is 0 Å². The Bertz CT molecular complexity index is 486. The molecule has 0 aromatic carbocycles. The van der Waals surface area contributed by atoms with Crippen molar-refractivity contribution in [3.05, 3.63) is 29.2 Å². The predicted octanol–water partition coefficient (Wildman–Crippen LogP) is 3.04. The molecule has 3 nitrogen and oxygen atoms in total. The van der Waals surface area contributed by atoms with Gasteiger partial charge in [-0.2, -0.15) is 5.10 Å². The molecule has 0 amide bonds. The second-order valence-electron chi connectivity index (χ2n) is 4.12. The minimum Gasteiger partial charge on any atom is -0.215 e. The van der Waals surface area contributed by atoms with Crippen molar-refractivity contribution >= 4 is 17.2 Å². The van der Waals surface area contributed by atoms with E-state index in [1.54, 1.807) is 10.8 Å². The van der Waals surface area contributed by atoms with E-state index in [1.807, 2.05) is 6.07 Å². The van der Waals surface area contributed by atoms with Crippen molar-refractivity contribution in [1.29, 1.82) is 0 Å². The molecule has 0 bridgehead atoms. The number of aromatic nitrogens is 3. The molecule has 0 N–H and O–H groups in total. The van der Waals surface area contributed by atoms with Crippen molar-refractivity contribution in [2.45, 2.75) is 31.6 Å². The smallest absolute Gasteiger partial charge is 0.157 e. The average molecular weight is 222 g/mol. The van der Waals surface area contributed by atoms with Crippen LogP contribution in [0.1, 0.15) is 37.2 Å². The van der Waals surface area contributed by atoms with E-state index in [0.717, 1.165) is 5.65 Å². The van der Waals surface area contributed by atoms with E-state index in [-0.39, 0.29) is 0 Å².